The summed E-state index contributed by atoms with van der Waals surface area (Å²) < 4.78 is 5.04. The number of hydrogen-bond donors (Lipinski definition) is 2. The van der Waals surface area contributed by atoms with E-state index < -0.39 is 30.4 Å². The molecular weight excluding hydrogens is 412 g/mol. The molecule has 1 aliphatic rings. The number of nitrogens with one attached hydrogen (secondary N) is 1. The number of barbiturate groups is 1. The zero-order valence-electron chi connectivity index (χ0n) is 16.1. The number of imide groups is 2. The molecule has 0 unspecified atom stereocenters. The van der Waals surface area contributed by atoms with Gasteiger partial charge < -0.3 is 9.84 Å². The Morgan fingerprint density at radius 2 is 1.87 bits per heavy atom. The minimum absolute atomic E-state index is 0.108. The van der Waals surface area contributed by atoms with Crippen molar-refractivity contribution >= 4 is 47.2 Å². The standard InChI is InChI=1S/C21H17ClN2O6/c1-11-3-5-14(7-12(11)2)24-20(28)15(19(27)23-21(24)29)8-13-4-6-17(16(22)9-13)30-10-18(25)26/h3-9H,10H2,1-2H3,(H,25,26)(H,23,27,29)/b15-8+. The maximum Gasteiger partial charge on any atom is 0.341 e. The summed E-state index contributed by atoms with van der Waals surface area (Å²) in [6, 6.07) is 8.61. The lowest BCUT2D eigenvalue weighted by molar-refractivity contribution is -0.139. The lowest BCUT2D eigenvalue weighted by Crippen LogP contribution is -2.54. The predicted octanol–water partition coefficient (Wildman–Crippen LogP) is 3.09. The van der Waals surface area contributed by atoms with Crippen LogP contribution in [0, 0.1) is 13.8 Å². The number of carbonyl (C=O) groups is 4. The number of carbonyl (C=O) groups excluding carboxylic acids is 3. The smallest absolute Gasteiger partial charge is 0.341 e. The van der Waals surface area contributed by atoms with Crippen molar-refractivity contribution in [3.8, 4) is 5.75 Å². The number of anilines is 1. The van der Waals surface area contributed by atoms with Crippen LogP contribution >= 0.6 is 11.6 Å². The summed E-state index contributed by atoms with van der Waals surface area (Å²) in [4.78, 5) is 49.0. The molecule has 30 heavy (non-hydrogen) atoms. The molecule has 2 N–H and O–H groups in total. The fourth-order valence-electron chi connectivity index (χ4n) is 2.79. The number of amides is 4. The summed E-state index contributed by atoms with van der Waals surface area (Å²) in [5, 5.41) is 10.9. The molecule has 2 aromatic rings. The van der Waals surface area contributed by atoms with E-state index in [9.17, 15) is 19.2 Å². The third kappa shape index (κ3) is 4.33. The van der Waals surface area contributed by atoms with Gasteiger partial charge in [-0.25, -0.2) is 14.5 Å². The van der Waals surface area contributed by atoms with Gasteiger partial charge >= 0.3 is 12.0 Å². The number of halogens is 1. The number of urea groups is 1. The molecule has 0 saturated carbocycles. The molecule has 3 rings (SSSR count). The third-order valence-corrected chi connectivity index (χ3v) is 4.76. The first-order valence-electron chi connectivity index (χ1n) is 8.80. The van der Waals surface area contributed by atoms with E-state index in [1.54, 1.807) is 18.2 Å². The molecule has 154 valence electrons. The van der Waals surface area contributed by atoms with Crippen LogP contribution in [-0.4, -0.2) is 35.5 Å². The highest BCUT2D eigenvalue weighted by Crippen LogP contribution is 2.28. The number of carboxylic acid groups (broad SMARTS) is 1. The summed E-state index contributed by atoms with van der Waals surface area (Å²) in [5.74, 6) is -2.60. The maximum atomic E-state index is 12.9. The molecule has 0 aliphatic carbocycles. The zero-order valence-corrected chi connectivity index (χ0v) is 16.8. The molecule has 8 nitrogen and oxygen atoms in total. The Kier molecular flexibility index (Phi) is 5.89. The molecule has 1 heterocycles. The van der Waals surface area contributed by atoms with Crippen molar-refractivity contribution < 1.29 is 29.0 Å². The van der Waals surface area contributed by atoms with Crippen molar-refractivity contribution in [1.29, 1.82) is 0 Å². The summed E-state index contributed by atoms with van der Waals surface area (Å²) >= 11 is 6.09. The maximum absolute atomic E-state index is 12.9. The average molecular weight is 429 g/mol. The van der Waals surface area contributed by atoms with Crippen LogP contribution in [0.1, 0.15) is 16.7 Å². The molecule has 0 aromatic heterocycles. The van der Waals surface area contributed by atoms with E-state index in [0.29, 0.717) is 11.3 Å². The van der Waals surface area contributed by atoms with Gasteiger partial charge in [0.25, 0.3) is 11.8 Å². The van der Waals surface area contributed by atoms with Crippen molar-refractivity contribution in [2.24, 2.45) is 0 Å². The van der Waals surface area contributed by atoms with Crippen molar-refractivity contribution in [3.05, 3.63) is 63.7 Å². The normalized spacial score (nSPS) is 15.4. The summed E-state index contributed by atoms with van der Waals surface area (Å²) in [6.07, 6.45) is 1.30. The summed E-state index contributed by atoms with van der Waals surface area (Å²) in [7, 11) is 0. The van der Waals surface area contributed by atoms with E-state index >= 15 is 0 Å². The number of benzene rings is 2. The molecule has 0 bridgehead atoms. The molecule has 2 aromatic carbocycles. The number of rotatable bonds is 5. The van der Waals surface area contributed by atoms with Crippen LogP contribution in [0.25, 0.3) is 6.08 Å². The Morgan fingerprint density at radius 3 is 2.50 bits per heavy atom. The van der Waals surface area contributed by atoms with Crippen LogP contribution in [0.15, 0.2) is 42.0 Å². The fraction of sp³-hybridized carbons (Fsp3) is 0.143. The lowest BCUT2D eigenvalue weighted by Gasteiger charge is -2.26. The lowest BCUT2D eigenvalue weighted by atomic mass is 10.0. The van der Waals surface area contributed by atoms with Crippen LogP contribution in [0.5, 0.6) is 5.75 Å². The fourth-order valence-corrected chi connectivity index (χ4v) is 3.03. The van der Waals surface area contributed by atoms with Gasteiger partial charge in [-0.3, -0.25) is 14.9 Å². The van der Waals surface area contributed by atoms with Gasteiger partial charge in [0, 0.05) is 0 Å². The Labute approximate surface area is 176 Å². The number of ether oxygens (including phenoxy) is 1. The molecule has 1 fully saturated rings. The Hall–Kier alpha value is -3.65. The van der Waals surface area contributed by atoms with E-state index in [0.717, 1.165) is 16.0 Å². The Morgan fingerprint density at radius 1 is 1.13 bits per heavy atom. The Balaban J connectivity index is 1.93. The van der Waals surface area contributed by atoms with E-state index in [1.165, 1.54) is 24.3 Å². The van der Waals surface area contributed by atoms with E-state index in [1.807, 2.05) is 13.8 Å². The Bertz CT molecular complexity index is 1110. The zero-order chi connectivity index (χ0) is 22.0. The number of aliphatic carboxylic acids is 1. The molecule has 0 radical (unpaired) electrons. The third-order valence-electron chi connectivity index (χ3n) is 4.47. The highest BCUT2D eigenvalue weighted by atomic mass is 35.5. The number of aryl methyl sites for hydroxylation is 2. The van der Waals surface area contributed by atoms with E-state index in [2.05, 4.69) is 5.32 Å². The topological polar surface area (TPSA) is 113 Å². The van der Waals surface area contributed by atoms with Crippen LogP contribution in [0.2, 0.25) is 5.02 Å². The average Bonchev–Trinajstić information content (AvgIpc) is 2.67. The largest absolute Gasteiger partial charge is 0.480 e. The summed E-state index contributed by atoms with van der Waals surface area (Å²) in [5.41, 5.74) is 2.38. The predicted molar refractivity (Wildman–Crippen MR) is 110 cm³/mol. The second kappa shape index (κ2) is 8.38. The minimum Gasteiger partial charge on any atom is -0.480 e. The van der Waals surface area contributed by atoms with Gasteiger partial charge in [-0.15, -0.1) is 0 Å². The molecule has 4 amide bonds. The number of hydrogen-bond acceptors (Lipinski definition) is 5. The van der Waals surface area contributed by atoms with Crippen LogP contribution in [0.3, 0.4) is 0 Å². The number of carboxylic acids is 1. The van der Waals surface area contributed by atoms with Crippen LogP contribution < -0.4 is 15.0 Å². The molecular formula is C21H17ClN2O6. The SMILES string of the molecule is Cc1ccc(N2C(=O)NC(=O)/C(=C\c3ccc(OCC(=O)O)c(Cl)c3)C2=O)cc1C. The van der Waals surface area contributed by atoms with Crippen molar-refractivity contribution in [3.63, 3.8) is 0 Å². The van der Waals surface area contributed by atoms with Crippen molar-refractivity contribution in [2.45, 2.75) is 13.8 Å². The summed E-state index contributed by atoms with van der Waals surface area (Å²) in [6.45, 7) is 3.19. The van der Waals surface area contributed by atoms with Gasteiger partial charge in [0.2, 0.25) is 0 Å². The van der Waals surface area contributed by atoms with Crippen LogP contribution in [0.4, 0.5) is 10.5 Å². The first kappa shape index (κ1) is 21.1. The highest BCUT2D eigenvalue weighted by Gasteiger charge is 2.36. The first-order valence-corrected chi connectivity index (χ1v) is 9.18. The van der Waals surface area contributed by atoms with Gasteiger partial charge in [-0.05, 0) is 60.9 Å². The van der Waals surface area contributed by atoms with E-state index in [-0.39, 0.29) is 16.3 Å². The highest BCUT2D eigenvalue weighted by molar-refractivity contribution is 6.39. The van der Waals surface area contributed by atoms with E-state index in [4.69, 9.17) is 21.4 Å². The second-order valence-electron chi connectivity index (χ2n) is 6.60. The molecule has 0 atom stereocenters. The molecule has 9 heteroatoms. The van der Waals surface area contributed by atoms with Gasteiger partial charge in [0.05, 0.1) is 10.7 Å². The first-order chi connectivity index (χ1) is 14.2. The monoisotopic (exact) mass is 428 g/mol. The van der Waals surface area contributed by atoms with Crippen molar-refractivity contribution in [2.75, 3.05) is 11.5 Å². The van der Waals surface area contributed by atoms with Gasteiger partial charge in [0.15, 0.2) is 6.61 Å². The molecule has 1 saturated heterocycles. The molecule has 0 spiro atoms. The quantitative estimate of drug-likeness (QED) is 0.559. The molecule has 1 aliphatic heterocycles. The van der Waals surface area contributed by atoms with Gasteiger partial charge in [0.1, 0.15) is 11.3 Å². The van der Waals surface area contributed by atoms with Crippen molar-refractivity contribution in [1.82, 2.24) is 5.32 Å². The minimum atomic E-state index is -1.15. The van der Waals surface area contributed by atoms with Gasteiger partial charge in [-0.2, -0.15) is 0 Å². The van der Waals surface area contributed by atoms with Gasteiger partial charge in [-0.1, -0.05) is 23.7 Å². The number of nitrogens with zero attached hydrogens (tertiary/aromatic N) is 1. The van der Waals surface area contributed by atoms with Crippen LogP contribution in [-0.2, 0) is 14.4 Å². The second-order valence-corrected chi connectivity index (χ2v) is 7.01.